The van der Waals surface area contributed by atoms with Crippen molar-refractivity contribution in [1.29, 1.82) is 5.26 Å². The molecule has 12 nitrogen and oxygen atoms in total. The van der Waals surface area contributed by atoms with Crippen molar-refractivity contribution < 1.29 is 14.3 Å². The van der Waals surface area contributed by atoms with E-state index in [9.17, 15) is 4.79 Å². The molecule has 4 heterocycles. The predicted octanol–water partition coefficient (Wildman–Crippen LogP) is 3.40. The van der Waals surface area contributed by atoms with Crippen molar-refractivity contribution in [3.8, 4) is 17.7 Å². The Balaban J connectivity index is 1.06. The molecule has 1 aromatic carbocycles. The first kappa shape index (κ1) is 27.8. The molecule has 218 valence electrons. The number of aryl methyl sites for hydroxylation is 2. The molecule has 3 aliphatic rings. The van der Waals surface area contributed by atoms with E-state index in [0.717, 1.165) is 78.2 Å². The third-order valence-corrected chi connectivity index (χ3v) is 7.71. The molecule has 2 aromatic heterocycles. The number of hydrogen-bond donors (Lipinski definition) is 2. The van der Waals surface area contributed by atoms with Gasteiger partial charge >= 0.3 is 0 Å². The minimum Gasteiger partial charge on any atom is -0.438 e. The number of likely N-dealkylation sites (tertiary alicyclic amines) is 1. The van der Waals surface area contributed by atoms with Crippen molar-refractivity contribution in [2.24, 2.45) is 0 Å². The molecular formula is C30H35N9O3. The van der Waals surface area contributed by atoms with Gasteiger partial charge in [-0.15, -0.1) is 5.10 Å². The van der Waals surface area contributed by atoms with Gasteiger partial charge in [0, 0.05) is 37.8 Å². The standard InChI is InChI=1S/C30H35N9O3/c1-19-12-21(4-3-9-31)13-20(2)28(19)42-29-25-17-41-18-26(25)34-30(35-29)33-23-7-10-38(11-8-23)14-24-15-39(37-36-24)16-27(40)32-22-5-6-22/h3-4,12-13,15,22-23H,5-8,10-11,14,16-18H2,1-2H3,(H,32,40)(H,33,34,35)/b4-3+. The Bertz CT molecular complexity index is 1510. The minimum atomic E-state index is -0.0117. The van der Waals surface area contributed by atoms with E-state index in [4.69, 9.17) is 24.7 Å². The van der Waals surface area contributed by atoms with Crippen LogP contribution in [0.5, 0.6) is 11.6 Å². The van der Waals surface area contributed by atoms with Crippen LogP contribution in [0.2, 0.25) is 0 Å². The lowest BCUT2D eigenvalue weighted by Gasteiger charge is -2.31. The molecular weight excluding hydrogens is 534 g/mol. The molecule has 1 saturated heterocycles. The van der Waals surface area contributed by atoms with Gasteiger partial charge in [-0.1, -0.05) is 5.21 Å². The lowest BCUT2D eigenvalue weighted by molar-refractivity contribution is -0.122. The molecule has 12 heteroatoms. The highest BCUT2D eigenvalue weighted by atomic mass is 16.5. The molecule has 1 saturated carbocycles. The second kappa shape index (κ2) is 12.3. The van der Waals surface area contributed by atoms with Crippen LogP contribution in [0.3, 0.4) is 0 Å². The highest BCUT2D eigenvalue weighted by Gasteiger charge is 2.26. The first-order valence-electron chi connectivity index (χ1n) is 14.4. The van der Waals surface area contributed by atoms with Gasteiger partial charge in [-0.3, -0.25) is 9.69 Å². The summed E-state index contributed by atoms with van der Waals surface area (Å²) < 4.78 is 13.7. The average Bonchev–Trinajstić information content (AvgIpc) is 3.45. The molecule has 0 radical (unpaired) electrons. The van der Waals surface area contributed by atoms with E-state index in [2.05, 4.69) is 25.8 Å². The average molecular weight is 570 g/mol. The minimum absolute atomic E-state index is 0.0117. The van der Waals surface area contributed by atoms with Crippen LogP contribution in [0.1, 0.15) is 59.3 Å². The number of carbonyl (C=O) groups excluding carboxylic acids is 1. The fraction of sp³-hybridized carbons (Fsp3) is 0.467. The Morgan fingerprint density at radius 1 is 1.14 bits per heavy atom. The number of nitrogens with zero attached hydrogens (tertiary/aromatic N) is 7. The Morgan fingerprint density at radius 3 is 2.67 bits per heavy atom. The van der Waals surface area contributed by atoms with Crippen LogP contribution in [0.4, 0.5) is 5.95 Å². The van der Waals surface area contributed by atoms with Crippen LogP contribution in [-0.4, -0.2) is 60.9 Å². The second-order valence-electron chi connectivity index (χ2n) is 11.3. The van der Waals surface area contributed by atoms with Crippen molar-refractivity contribution in [2.75, 3.05) is 18.4 Å². The van der Waals surface area contributed by atoms with Crippen molar-refractivity contribution in [3.63, 3.8) is 0 Å². The summed E-state index contributed by atoms with van der Waals surface area (Å²) in [7, 11) is 0. The lowest BCUT2D eigenvalue weighted by atomic mass is 10.1. The van der Waals surface area contributed by atoms with Gasteiger partial charge in [-0.25, -0.2) is 9.67 Å². The van der Waals surface area contributed by atoms with E-state index in [1.54, 1.807) is 10.8 Å². The van der Waals surface area contributed by atoms with Crippen LogP contribution in [0, 0.1) is 25.2 Å². The van der Waals surface area contributed by atoms with Crippen molar-refractivity contribution >= 4 is 17.9 Å². The van der Waals surface area contributed by atoms with Crippen molar-refractivity contribution in [3.05, 3.63) is 58.0 Å². The normalized spacial score (nSPS) is 17.3. The summed E-state index contributed by atoms with van der Waals surface area (Å²) in [6.45, 7) is 7.53. The van der Waals surface area contributed by atoms with Gasteiger partial charge in [-0.2, -0.15) is 10.2 Å². The van der Waals surface area contributed by atoms with Crippen molar-refractivity contribution in [1.82, 2.24) is 35.2 Å². The van der Waals surface area contributed by atoms with Gasteiger partial charge in [0.25, 0.3) is 0 Å². The topological polar surface area (TPSA) is 143 Å². The SMILES string of the molecule is Cc1cc(/C=C/C#N)cc(C)c1Oc1nc(NC2CCN(Cc3cn(CC(=O)NC4CC4)nn3)CC2)nc2c1COC2. The van der Waals surface area contributed by atoms with Gasteiger partial charge in [-0.05, 0) is 74.4 Å². The molecule has 2 N–H and O–H groups in total. The number of benzene rings is 1. The second-order valence-corrected chi connectivity index (χ2v) is 11.3. The Kier molecular flexibility index (Phi) is 8.12. The van der Waals surface area contributed by atoms with Gasteiger partial charge in [0.2, 0.25) is 17.7 Å². The van der Waals surface area contributed by atoms with Crippen molar-refractivity contribution in [2.45, 2.75) is 77.9 Å². The summed E-state index contributed by atoms with van der Waals surface area (Å²) in [5, 5.41) is 23.8. The number of fused-ring (bicyclic) bond motifs is 1. The van der Waals surface area contributed by atoms with Crippen LogP contribution in [0.25, 0.3) is 6.08 Å². The highest BCUT2D eigenvalue weighted by molar-refractivity contribution is 5.76. The zero-order valence-electron chi connectivity index (χ0n) is 24.0. The number of allylic oxidation sites excluding steroid dienone is 1. The maximum Gasteiger partial charge on any atom is 0.242 e. The number of carbonyl (C=O) groups is 1. The molecule has 0 unspecified atom stereocenters. The number of hydrogen-bond acceptors (Lipinski definition) is 10. The molecule has 0 bridgehead atoms. The number of nitrogens with one attached hydrogen (secondary N) is 2. The summed E-state index contributed by atoms with van der Waals surface area (Å²) in [4.78, 5) is 23.9. The zero-order valence-corrected chi connectivity index (χ0v) is 24.0. The van der Waals surface area contributed by atoms with E-state index in [1.165, 1.54) is 6.08 Å². The Labute approximate surface area is 244 Å². The van der Waals surface area contributed by atoms with E-state index < -0.39 is 0 Å². The summed E-state index contributed by atoms with van der Waals surface area (Å²) in [5.41, 5.74) is 5.46. The summed E-state index contributed by atoms with van der Waals surface area (Å²) >= 11 is 0. The predicted molar refractivity (Wildman–Crippen MR) is 154 cm³/mol. The fourth-order valence-electron chi connectivity index (χ4n) is 5.43. The number of aromatic nitrogens is 5. The highest BCUT2D eigenvalue weighted by Crippen LogP contribution is 2.35. The molecule has 1 aliphatic carbocycles. The van der Waals surface area contributed by atoms with Crippen LogP contribution in [0.15, 0.2) is 24.4 Å². The first-order valence-corrected chi connectivity index (χ1v) is 14.4. The summed E-state index contributed by atoms with van der Waals surface area (Å²) in [5.74, 6) is 1.79. The van der Waals surface area contributed by atoms with Gasteiger partial charge in [0.15, 0.2) is 0 Å². The molecule has 2 fully saturated rings. The van der Waals surface area contributed by atoms with E-state index in [0.29, 0.717) is 37.6 Å². The van der Waals surface area contributed by atoms with Crippen LogP contribution >= 0.6 is 0 Å². The number of ether oxygens (including phenoxy) is 2. The summed E-state index contributed by atoms with van der Waals surface area (Å²) in [6, 6.07) is 6.59. The number of piperidine rings is 1. The molecule has 1 amide bonds. The zero-order chi connectivity index (χ0) is 29.1. The molecule has 0 spiro atoms. The van der Waals surface area contributed by atoms with Crippen LogP contribution < -0.4 is 15.4 Å². The number of nitriles is 1. The van der Waals surface area contributed by atoms with Crippen LogP contribution in [-0.2, 0) is 35.8 Å². The number of amides is 1. The number of rotatable bonds is 10. The van der Waals surface area contributed by atoms with Gasteiger partial charge < -0.3 is 20.1 Å². The molecule has 42 heavy (non-hydrogen) atoms. The molecule has 2 aliphatic heterocycles. The smallest absolute Gasteiger partial charge is 0.242 e. The van der Waals surface area contributed by atoms with E-state index in [1.807, 2.05) is 38.2 Å². The molecule has 0 atom stereocenters. The summed E-state index contributed by atoms with van der Waals surface area (Å²) in [6.07, 6.45) is 9.11. The first-order chi connectivity index (χ1) is 20.4. The Hall–Kier alpha value is -4.34. The largest absolute Gasteiger partial charge is 0.438 e. The molecule has 3 aromatic rings. The van der Waals surface area contributed by atoms with E-state index in [-0.39, 0.29) is 18.5 Å². The third kappa shape index (κ3) is 6.75. The fourth-order valence-corrected chi connectivity index (χ4v) is 5.43. The Morgan fingerprint density at radius 2 is 1.93 bits per heavy atom. The lowest BCUT2D eigenvalue weighted by Crippen LogP contribution is -2.39. The maximum absolute atomic E-state index is 12.0. The number of anilines is 1. The third-order valence-electron chi connectivity index (χ3n) is 7.71. The van der Waals surface area contributed by atoms with Gasteiger partial charge in [0.05, 0.1) is 42.4 Å². The maximum atomic E-state index is 12.0. The monoisotopic (exact) mass is 569 g/mol. The van der Waals surface area contributed by atoms with E-state index >= 15 is 0 Å². The molecule has 6 rings (SSSR count). The quantitative estimate of drug-likeness (QED) is 0.349. The van der Waals surface area contributed by atoms with Gasteiger partial charge in [0.1, 0.15) is 12.3 Å².